The van der Waals surface area contributed by atoms with E-state index in [1.165, 1.54) is 16.0 Å². The van der Waals surface area contributed by atoms with Crippen LogP contribution in [0.15, 0.2) is 23.0 Å². The molecule has 0 saturated heterocycles. The highest BCUT2D eigenvalue weighted by Gasteiger charge is 2.36. The van der Waals surface area contributed by atoms with E-state index in [0.29, 0.717) is 37.1 Å². The molecule has 0 fully saturated rings. The van der Waals surface area contributed by atoms with Crippen LogP contribution in [0.3, 0.4) is 0 Å². The maximum absolute atomic E-state index is 12.7. The summed E-state index contributed by atoms with van der Waals surface area (Å²) in [7, 11) is 0. The minimum atomic E-state index is -1.08. The largest absolute Gasteiger partial charge is 0.465 e. The van der Waals surface area contributed by atoms with Gasteiger partial charge in [0.05, 0.1) is 23.2 Å². The Morgan fingerprint density at radius 2 is 2.06 bits per heavy atom. The van der Waals surface area contributed by atoms with E-state index in [9.17, 15) is 14.4 Å². The number of hydrogen-bond acceptors (Lipinski definition) is 6. The second kappa shape index (κ2) is 11.2. The van der Waals surface area contributed by atoms with Crippen LogP contribution in [-0.2, 0) is 10.3 Å². The number of Topliss-reactive ketones (excluding diaryl/α,β-unsaturated/α-hetero) is 1. The molecule has 2 rings (SSSR count). The zero-order valence-corrected chi connectivity index (χ0v) is 19.4. The number of carboxylic acid groups (broad SMARTS) is 1. The lowest BCUT2D eigenvalue weighted by molar-refractivity contribution is -0.120. The van der Waals surface area contributed by atoms with Crippen molar-refractivity contribution in [3.8, 4) is 0 Å². The van der Waals surface area contributed by atoms with Crippen LogP contribution in [0.2, 0.25) is 0 Å². The van der Waals surface area contributed by atoms with Gasteiger partial charge in [0, 0.05) is 11.9 Å². The monoisotopic (exact) mass is 469 g/mol. The van der Waals surface area contributed by atoms with Crippen molar-refractivity contribution in [1.82, 2.24) is 25.6 Å². The molecule has 0 aliphatic rings. The van der Waals surface area contributed by atoms with Gasteiger partial charge in [0.15, 0.2) is 5.78 Å². The Bertz CT molecular complexity index is 886. The molecule has 0 bridgehead atoms. The second-order valence-electron chi connectivity index (χ2n) is 7.75. The average Bonchev–Trinajstić information content (AvgIpc) is 3.42. The van der Waals surface area contributed by atoms with Gasteiger partial charge in [-0.05, 0) is 43.6 Å². The summed E-state index contributed by atoms with van der Waals surface area (Å²) in [5.41, 5.74) is 0.331. The lowest BCUT2D eigenvalue weighted by atomic mass is 9.85. The fraction of sp³-hybridized carbons (Fsp3) is 0.550. The van der Waals surface area contributed by atoms with E-state index in [0.717, 1.165) is 0 Å². The van der Waals surface area contributed by atoms with Gasteiger partial charge in [-0.25, -0.2) is 9.48 Å². The number of aromatic nitrogens is 3. The third-order valence-corrected chi connectivity index (χ3v) is 6.30. The van der Waals surface area contributed by atoms with E-state index < -0.39 is 17.7 Å². The van der Waals surface area contributed by atoms with Gasteiger partial charge in [0.2, 0.25) is 0 Å². The Labute approximate surface area is 190 Å². The van der Waals surface area contributed by atoms with Crippen molar-refractivity contribution in [2.45, 2.75) is 51.6 Å². The van der Waals surface area contributed by atoms with Crippen LogP contribution < -0.4 is 10.6 Å². The molecule has 170 valence electrons. The SMILES string of the molecule is CC(C)[C@@](C)(NC(=O)c1ccsc1)c1cn([C@@H](CCCCNC(=O)O)C(=O)CCl)nn1. The zero-order chi connectivity index (χ0) is 23.0. The Balaban J connectivity index is 2.17. The Morgan fingerprint density at radius 1 is 1.32 bits per heavy atom. The number of hydrogen-bond donors (Lipinski definition) is 3. The minimum Gasteiger partial charge on any atom is -0.465 e. The fourth-order valence-corrected chi connectivity index (χ4v) is 3.87. The van der Waals surface area contributed by atoms with Gasteiger partial charge in [-0.3, -0.25) is 9.59 Å². The number of alkyl halides is 1. The maximum atomic E-state index is 12.7. The molecule has 0 radical (unpaired) electrons. The summed E-state index contributed by atoms with van der Waals surface area (Å²) in [5, 5.41) is 26.0. The van der Waals surface area contributed by atoms with E-state index in [1.807, 2.05) is 26.2 Å². The first kappa shape index (κ1) is 24.8. The van der Waals surface area contributed by atoms with E-state index in [4.69, 9.17) is 16.7 Å². The number of unbranched alkanes of at least 4 members (excludes halogenated alkanes) is 1. The molecule has 0 aliphatic heterocycles. The molecule has 0 aromatic carbocycles. The third kappa shape index (κ3) is 6.51. The lowest BCUT2D eigenvalue weighted by Crippen LogP contribution is -2.47. The molecule has 2 atom stereocenters. The number of nitrogens with one attached hydrogen (secondary N) is 2. The molecule has 2 amide bonds. The summed E-state index contributed by atoms with van der Waals surface area (Å²) in [5.74, 6) is -0.558. The highest BCUT2D eigenvalue weighted by molar-refractivity contribution is 7.08. The molecular formula is C20H28ClN5O4S. The molecule has 11 heteroatoms. The summed E-state index contributed by atoms with van der Waals surface area (Å²) in [6, 6.07) is 1.15. The second-order valence-corrected chi connectivity index (χ2v) is 8.80. The average molecular weight is 470 g/mol. The lowest BCUT2D eigenvalue weighted by Gasteiger charge is -2.32. The van der Waals surface area contributed by atoms with Crippen LogP contribution >= 0.6 is 22.9 Å². The summed E-state index contributed by atoms with van der Waals surface area (Å²) >= 11 is 7.24. The molecular weight excluding hydrogens is 442 g/mol. The summed E-state index contributed by atoms with van der Waals surface area (Å²) < 4.78 is 1.49. The van der Waals surface area contributed by atoms with Crippen LogP contribution in [-0.4, -0.2) is 50.3 Å². The van der Waals surface area contributed by atoms with Gasteiger partial charge < -0.3 is 15.7 Å². The number of halogens is 1. The number of amides is 2. The predicted molar refractivity (Wildman–Crippen MR) is 119 cm³/mol. The molecule has 3 N–H and O–H groups in total. The normalized spacial score (nSPS) is 14.1. The molecule has 0 aliphatic carbocycles. The van der Waals surface area contributed by atoms with Gasteiger partial charge >= 0.3 is 6.09 Å². The summed E-state index contributed by atoms with van der Waals surface area (Å²) in [6.45, 7) is 6.14. The Morgan fingerprint density at radius 3 is 2.65 bits per heavy atom. The first-order valence-corrected chi connectivity index (χ1v) is 11.5. The third-order valence-electron chi connectivity index (χ3n) is 5.36. The number of rotatable bonds is 12. The smallest absolute Gasteiger partial charge is 0.404 e. The van der Waals surface area contributed by atoms with Crippen LogP contribution in [0.1, 0.15) is 62.1 Å². The standard InChI is InChI=1S/C20H28ClN5O4S/c1-13(2)20(3,23-18(28)14-7-9-31-12-14)17-11-26(25-24-17)15(16(27)10-21)6-4-5-8-22-19(29)30/h7,9,11-13,15,22H,4-6,8,10H2,1-3H3,(H,23,28)(H,29,30)/t15-,20+/m0/s1. The van der Waals surface area contributed by atoms with Gasteiger partial charge in [0.25, 0.3) is 5.91 Å². The van der Waals surface area contributed by atoms with Gasteiger partial charge in [-0.2, -0.15) is 11.3 Å². The number of carbonyl (C=O) groups excluding carboxylic acids is 2. The van der Waals surface area contributed by atoms with Gasteiger partial charge in [-0.15, -0.1) is 16.7 Å². The molecule has 2 aromatic heterocycles. The summed E-state index contributed by atoms with van der Waals surface area (Å²) in [6.07, 6.45) is 2.25. The van der Waals surface area contributed by atoms with E-state index in [2.05, 4.69) is 20.9 Å². The summed E-state index contributed by atoms with van der Waals surface area (Å²) in [4.78, 5) is 35.6. The molecule has 2 aromatic rings. The van der Waals surface area contributed by atoms with Crippen molar-refractivity contribution in [2.24, 2.45) is 5.92 Å². The van der Waals surface area contributed by atoms with E-state index in [-0.39, 0.29) is 23.5 Å². The Hall–Kier alpha value is -2.46. The van der Waals surface area contributed by atoms with Gasteiger partial charge in [0.1, 0.15) is 11.7 Å². The van der Waals surface area contributed by atoms with Crippen LogP contribution in [0.4, 0.5) is 4.79 Å². The van der Waals surface area contributed by atoms with E-state index >= 15 is 0 Å². The van der Waals surface area contributed by atoms with Crippen LogP contribution in [0.5, 0.6) is 0 Å². The van der Waals surface area contributed by atoms with Crippen LogP contribution in [0.25, 0.3) is 0 Å². The predicted octanol–water partition coefficient (Wildman–Crippen LogP) is 3.43. The quantitative estimate of drug-likeness (QED) is 0.323. The van der Waals surface area contributed by atoms with Crippen molar-refractivity contribution >= 4 is 40.7 Å². The van der Waals surface area contributed by atoms with Crippen molar-refractivity contribution < 1.29 is 19.5 Å². The topological polar surface area (TPSA) is 126 Å². The number of nitrogens with zero attached hydrogens (tertiary/aromatic N) is 3. The van der Waals surface area contributed by atoms with Crippen molar-refractivity contribution in [3.05, 3.63) is 34.3 Å². The number of ketones is 1. The molecule has 0 spiro atoms. The van der Waals surface area contributed by atoms with Crippen LogP contribution in [0, 0.1) is 5.92 Å². The fourth-order valence-electron chi connectivity index (χ4n) is 3.06. The van der Waals surface area contributed by atoms with Crippen molar-refractivity contribution in [3.63, 3.8) is 0 Å². The van der Waals surface area contributed by atoms with E-state index in [1.54, 1.807) is 17.6 Å². The highest BCUT2D eigenvalue weighted by atomic mass is 35.5. The number of thiophene rings is 1. The maximum Gasteiger partial charge on any atom is 0.404 e. The molecule has 0 saturated carbocycles. The Kier molecular flexibility index (Phi) is 9.00. The van der Waals surface area contributed by atoms with Crippen molar-refractivity contribution in [1.29, 1.82) is 0 Å². The zero-order valence-electron chi connectivity index (χ0n) is 17.8. The first-order chi connectivity index (χ1) is 14.7. The molecule has 2 heterocycles. The highest BCUT2D eigenvalue weighted by Crippen LogP contribution is 2.29. The first-order valence-electron chi connectivity index (χ1n) is 10.0. The number of carbonyl (C=O) groups is 3. The minimum absolute atomic E-state index is 0.00417. The van der Waals surface area contributed by atoms with Gasteiger partial charge in [-0.1, -0.05) is 19.1 Å². The molecule has 31 heavy (non-hydrogen) atoms. The molecule has 0 unspecified atom stereocenters. The molecule has 9 nitrogen and oxygen atoms in total. The van der Waals surface area contributed by atoms with Crippen molar-refractivity contribution in [2.75, 3.05) is 12.4 Å².